The van der Waals surface area contributed by atoms with Gasteiger partial charge >= 0.3 is 0 Å². The van der Waals surface area contributed by atoms with Crippen molar-refractivity contribution in [1.82, 2.24) is 5.32 Å². The average molecular weight is 221 g/mol. The van der Waals surface area contributed by atoms with Crippen LogP contribution < -0.4 is 5.32 Å². The lowest BCUT2D eigenvalue weighted by molar-refractivity contribution is 0.0963. The third-order valence-corrected chi connectivity index (χ3v) is 1.91. The van der Waals surface area contributed by atoms with E-state index in [1.54, 1.807) is 0 Å². The predicted octanol–water partition coefficient (Wildman–Crippen LogP) is 0.919. The molecule has 0 aromatic heterocycles. The van der Waals surface area contributed by atoms with Crippen LogP contribution in [0.5, 0.6) is 0 Å². The van der Waals surface area contributed by atoms with Gasteiger partial charge in [0.25, 0.3) is 5.91 Å². The lowest BCUT2D eigenvalue weighted by Gasteiger charge is -2.02. The number of amides is 1. The molecule has 0 heterocycles. The van der Waals surface area contributed by atoms with Crippen LogP contribution >= 0.6 is 0 Å². The van der Waals surface area contributed by atoms with Gasteiger partial charge in [0.15, 0.2) is 0 Å². The van der Waals surface area contributed by atoms with Crippen LogP contribution in [0.25, 0.3) is 0 Å². The molecule has 0 unspecified atom stereocenters. The highest BCUT2D eigenvalue weighted by Gasteiger charge is 2.08. The van der Waals surface area contributed by atoms with Crippen LogP contribution in [0.1, 0.15) is 22.3 Å². The average Bonchev–Trinajstić information content (AvgIpc) is 2.29. The summed E-state index contributed by atoms with van der Waals surface area (Å²) in [6.45, 7) is -0.0579. The van der Waals surface area contributed by atoms with Gasteiger partial charge in [0, 0.05) is 19.0 Å². The number of benzene rings is 1. The van der Waals surface area contributed by atoms with Crippen molar-refractivity contribution >= 4 is 5.91 Å². The van der Waals surface area contributed by atoms with Crippen LogP contribution in [-0.4, -0.2) is 24.7 Å². The van der Waals surface area contributed by atoms with Gasteiger partial charge in [0.1, 0.15) is 5.82 Å². The zero-order chi connectivity index (χ0) is 12.0. The number of nitrogens with one attached hydrogen (secondary N) is 1. The number of rotatable bonds is 2. The summed E-state index contributed by atoms with van der Waals surface area (Å²) in [7, 11) is 1.50. The molecule has 0 spiro atoms. The Labute approximate surface area is 93.3 Å². The summed E-state index contributed by atoms with van der Waals surface area (Å²) >= 11 is 0. The lowest BCUT2D eigenvalue weighted by Crippen LogP contribution is -2.19. The van der Waals surface area contributed by atoms with Gasteiger partial charge in [-0.1, -0.05) is 11.8 Å². The maximum Gasteiger partial charge on any atom is 0.252 e. The van der Waals surface area contributed by atoms with Crippen LogP contribution in [0.3, 0.4) is 0 Å². The number of carbonyl (C=O) groups excluding carboxylic acids is 1. The zero-order valence-corrected chi connectivity index (χ0v) is 8.88. The molecule has 84 valence electrons. The second kappa shape index (κ2) is 5.89. The van der Waals surface area contributed by atoms with E-state index in [-0.39, 0.29) is 12.5 Å². The van der Waals surface area contributed by atoms with E-state index in [1.165, 1.54) is 25.2 Å². The van der Waals surface area contributed by atoms with E-state index in [0.29, 0.717) is 17.5 Å². The summed E-state index contributed by atoms with van der Waals surface area (Å²) in [5.41, 5.74) is 0.655. The molecule has 1 amide bonds. The summed E-state index contributed by atoms with van der Waals surface area (Å²) < 4.78 is 13.0. The molecule has 0 atom stereocenters. The molecule has 3 nitrogen and oxygen atoms in total. The van der Waals surface area contributed by atoms with E-state index in [0.717, 1.165) is 0 Å². The van der Waals surface area contributed by atoms with Gasteiger partial charge in [-0.05, 0) is 18.2 Å². The molecule has 1 aromatic rings. The van der Waals surface area contributed by atoms with E-state index < -0.39 is 5.82 Å². The summed E-state index contributed by atoms with van der Waals surface area (Å²) in [5, 5.41) is 11.0. The molecule has 1 aromatic carbocycles. The maximum absolute atomic E-state index is 13.0. The molecule has 1 rings (SSSR count). The molecule has 0 saturated carbocycles. The van der Waals surface area contributed by atoms with Crippen molar-refractivity contribution in [2.75, 3.05) is 13.7 Å². The Hall–Kier alpha value is -1.86. The highest BCUT2D eigenvalue weighted by molar-refractivity contribution is 5.96. The summed E-state index contributed by atoms with van der Waals surface area (Å²) in [6, 6.07) is 3.80. The first-order chi connectivity index (χ1) is 7.69. The minimum Gasteiger partial charge on any atom is -0.395 e. The third-order valence-electron chi connectivity index (χ3n) is 1.91. The first kappa shape index (κ1) is 12.2. The lowest BCUT2D eigenvalue weighted by atomic mass is 10.1. The minimum absolute atomic E-state index is 0.0579. The highest BCUT2D eigenvalue weighted by Crippen LogP contribution is 2.10. The van der Waals surface area contributed by atoms with Gasteiger partial charge in [-0.25, -0.2) is 4.39 Å². The number of aliphatic hydroxyl groups is 1. The minimum atomic E-state index is -0.444. The fraction of sp³-hybridized carbons (Fsp3) is 0.250. The molecule has 0 aliphatic carbocycles. The maximum atomic E-state index is 13.0. The Balaban J connectivity index is 3.09. The Morgan fingerprint density at radius 3 is 2.94 bits per heavy atom. The third kappa shape index (κ3) is 3.07. The molecule has 0 aliphatic heterocycles. The smallest absolute Gasteiger partial charge is 0.252 e. The topological polar surface area (TPSA) is 49.3 Å². The molecule has 0 bridgehead atoms. The van der Waals surface area contributed by atoms with Crippen molar-refractivity contribution in [3.63, 3.8) is 0 Å². The number of hydrogen-bond donors (Lipinski definition) is 2. The fourth-order valence-corrected chi connectivity index (χ4v) is 1.17. The summed E-state index contributed by atoms with van der Waals surface area (Å²) in [5.74, 6) is 4.56. The van der Waals surface area contributed by atoms with E-state index in [2.05, 4.69) is 17.2 Å². The summed E-state index contributed by atoms with van der Waals surface area (Å²) in [4.78, 5) is 11.4. The molecule has 2 N–H and O–H groups in total. The highest BCUT2D eigenvalue weighted by atomic mass is 19.1. The second-order valence-corrected chi connectivity index (χ2v) is 3.04. The molecule has 16 heavy (non-hydrogen) atoms. The first-order valence-corrected chi connectivity index (χ1v) is 4.80. The van der Waals surface area contributed by atoms with Crippen LogP contribution in [0.4, 0.5) is 4.39 Å². The van der Waals surface area contributed by atoms with Gasteiger partial charge in [-0.2, -0.15) is 0 Å². The van der Waals surface area contributed by atoms with Gasteiger partial charge < -0.3 is 10.4 Å². The molecule has 0 fully saturated rings. The number of hydrogen-bond acceptors (Lipinski definition) is 2. The van der Waals surface area contributed by atoms with E-state index >= 15 is 0 Å². The second-order valence-electron chi connectivity index (χ2n) is 3.04. The number of aliphatic hydroxyl groups excluding tert-OH is 1. The molecular weight excluding hydrogens is 209 g/mol. The largest absolute Gasteiger partial charge is 0.395 e. The van der Waals surface area contributed by atoms with Crippen LogP contribution in [0.15, 0.2) is 18.2 Å². The Kier molecular flexibility index (Phi) is 4.49. The number of carbonyl (C=O) groups is 1. The van der Waals surface area contributed by atoms with E-state index in [1.807, 2.05) is 0 Å². The van der Waals surface area contributed by atoms with Crippen molar-refractivity contribution in [1.29, 1.82) is 0 Å². The molecule has 0 aliphatic rings. The zero-order valence-electron chi connectivity index (χ0n) is 8.88. The van der Waals surface area contributed by atoms with Crippen molar-refractivity contribution in [3.05, 3.63) is 35.1 Å². The monoisotopic (exact) mass is 221 g/mol. The van der Waals surface area contributed by atoms with Crippen LogP contribution in [0, 0.1) is 17.7 Å². The van der Waals surface area contributed by atoms with Crippen molar-refractivity contribution in [2.45, 2.75) is 6.42 Å². The van der Waals surface area contributed by atoms with Crippen LogP contribution in [-0.2, 0) is 0 Å². The fourth-order valence-electron chi connectivity index (χ4n) is 1.17. The van der Waals surface area contributed by atoms with Crippen LogP contribution in [0.2, 0.25) is 0 Å². The molecule has 0 radical (unpaired) electrons. The Morgan fingerprint density at radius 1 is 1.56 bits per heavy atom. The van der Waals surface area contributed by atoms with Gasteiger partial charge in [-0.3, -0.25) is 4.79 Å². The van der Waals surface area contributed by atoms with Gasteiger partial charge in [-0.15, -0.1) is 0 Å². The van der Waals surface area contributed by atoms with Gasteiger partial charge in [0.05, 0.1) is 12.2 Å². The van der Waals surface area contributed by atoms with Crippen molar-refractivity contribution in [2.24, 2.45) is 0 Å². The first-order valence-electron chi connectivity index (χ1n) is 4.80. The number of halogens is 1. The summed E-state index contributed by atoms with van der Waals surface area (Å²) in [6.07, 6.45) is 0.295. The van der Waals surface area contributed by atoms with Gasteiger partial charge in [0.2, 0.25) is 0 Å². The quantitative estimate of drug-likeness (QED) is 0.729. The standard InChI is InChI=1S/C12H12FNO2/c1-14-12(16)11-6-5-10(13)8-9(11)4-2-3-7-15/h5-6,8,15H,3,7H2,1H3,(H,14,16). The van der Waals surface area contributed by atoms with Crippen molar-refractivity contribution < 1.29 is 14.3 Å². The molecule has 4 heteroatoms. The van der Waals surface area contributed by atoms with E-state index in [9.17, 15) is 9.18 Å². The molecular formula is C12H12FNO2. The normalized spacial score (nSPS) is 9.19. The Bertz CT molecular complexity index is 446. The SMILES string of the molecule is CNC(=O)c1ccc(F)cc1C#CCCO. The Morgan fingerprint density at radius 2 is 2.31 bits per heavy atom. The van der Waals surface area contributed by atoms with E-state index in [4.69, 9.17) is 5.11 Å². The molecule has 0 saturated heterocycles. The van der Waals surface area contributed by atoms with Crippen molar-refractivity contribution in [3.8, 4) is 11.8 Å². The predicted molar refractivity (Wildman–Crippen MR) is 58.4 cm³/mol.